The minimum atomic E-state index is -1.08. The van der Waals surface area contributed by atoms with Gasteiger partial charge in [0.05, 0.1) is 11.4 Å². The molecule has 7 heteroatoms. The fraction of sp³-hybridized carbons (Fsp3) is 0.125. The predicted octanol–water partition coefficient (Wildman–Crippen LogP) is 5.44. The molecule has 0 spiro atoms. The number of aryl methyl sites for hydroxylation is 3. The summed E-state index contributed by atoms with van der Waals surface area (Å²) in [7, 11) is 0. The van der Waals surface area contributed by atoms with Gasteiger partial charge in [-0.3, -0.25) is 0 Å². The standard InChI is InChI=1S/C24H21FN4O2/c1-14-5-4-6-15(2)22(14)29-21(13-20(28-29)17-8-10-18(25)11-9-17)27-23-19(24(30)31)12-7-16(3)26-23/h4-13H,1-3H3,(H,26,27)(H,30,31). The highest BCUT2D eigenvalue weighted by Gasteiger charge is 2.18. The van der Waals surface area contributed by atoms with Crippen molar-refractivity contribution in [2.75, 3.05) is 5.32 Å². The molecule has 0 bridgehead atoms. The van der Waals surface area contributed by atoms with E-state index in [0.717, 1.165) is 22.4 Å². The van der Waals surface area contributed by atoms with Crippen molar-refractivity contribution in [1.82, 2.24) is 14.8 Å². The van der Waals surface area contributed by atoms with Gasteiger partial charge in [-0.15, -0.1) is 0 Å². The molecule has 2 heterocycles. The number of carbonyl (C=O) groups is 1. The van der Waals surface area contributed by atoms with Crippen LogP contribution in [0.25, 0.3) is 16.9 Å². The van der Waals surface area contributed by atoms with E-state index in [0.29, 0.717) is 17.2 Å². The molecule has 6 nitrogen and oxygen atoms in total. The van der Waals surface area contributed by atoms with Crippen LogP contribution >= 0.6 is 0 Å². The Morgan fingerprint density at radius 1 is 1.00 bits per heavy atom. The molecule has 2 aromatic heterocycles. The largest absolute Gasteiger partial charge is 0.478 e. The molecule has 0 aliphatic heterocycles. The van der Waals surface area contributed by atoms with Crippen LogP contribution in [0.5, 0.6) is 0 Å². The Morgan fingerprint density at radius 2 is 1.68 bits per heavy atom. The number of aromatic nitrogens is 3. The van der Waals surface area contributed by atoms with Crippen LogP contribution in [0.4, 0.5) is 16.0 Å². The van der Waals surface area contributed by atoms with E-state index in [-0.39, 0.29) is 17.2 Å². The molecule has 0 radical (unpaired) electrons. The first-order valence-corrected chi connectivity index (χ1v) is 9.74. The number of pyridine rings is 1. The Labute approximate surface area is 179 Å². The molecule has 0 saturated carbocycles. The van der Waals surface area contributed by atoms with Gasteiger partial charge in [0.25, 0.3) is 0 Å². The zero-order valence-electron chi connectivity index (χ0n) is 17.3. The summed E-state index contributed by atoms with van der Waals surface area (Å²) in [6.07, 6.45) is 0. The van der Waals surface area contributed by atoms with Gasteiger partial charge in [-0.2, -0.15) is 5.10 Å². The summed E-state index contributed by atoms with van der Waals surface area (Å²) < 4.78 is 15.1. The predicted molar refractivity (Wildman–Crippen MR) is 118 cm³/mol. The Kier molecular flexibility index (Phi) is 5.25. The first-order chi connectivity index (χ1) is 14.8. The molecule has 2 aromatic carbocycles. The van der Waals surface area contributed by atoms with Crippen LogP contribution in [0.1, 0.15) is 27.2 Å². The average Bonchev–Trinajstić information content (AvgIpc) is 3.11. The van der Waals surface area contributed by atoms with Crippen LogP contribution in [0.2, 0.25) is 0 Å². The topological polar surface area (TPSA) is 80.0 Å². The molecule has 0 aliphatic rings. The van der Waals surface area contributed by atoms with E-state index < -0.39 is 5.97 Å². The first-order valence-electron chi connectivity index (χ1n) is 9.74. The summed E-state index contributed by atoms with van der Waals surface area (Å²) in [5.74, 6) is -0.624. The summed E-state index contributed by atoms with van der Waals surface area (Å²) in [6, 6.07) is 17.0. The molecule has 0 aliphatic carbocycles. The van der Waals surface area contributed by atoms with Gasteiger partial charge in [0.15, 0.2) is 0 Å². The molecule has 0 saturated heterocycles. The van der Waals surface area contributed by atoms with Gasteiger partial charge in [-0.25, -0.2) is 18.9 Å². The highest BCUT2D eigenvalue weighted by molar-refractivity contribution is 5.94. The Bertz CT molecular complexity index is 1260. The van der Waals surface area contributed by atoms with Gasteiger partial charge in [-0.05, 0) is 68.3 Å². The molecule has 31 heavy (non-hydrogen) atoms. The van der Waals surface area contributed by atoms with Crippen molar-refractivity contribution < 1.29 is 14.3 Å². The van der Waals surface area contributed by atoms with E-state index in [1.165, 1.54) is 18.2 Å². The van der Waals surface area contributed by atoms with Crippen molar-refractivity contribution in [2.24, 2.45) is 0 Å². The third-order valence-corrected chi connectivity index (χ3v) is 5.01. The van der Waals surface area contributed by atoms with E-state index in [2.05, 4.69) is 10.3 Å². The minimum Gasteiger partial charge on any atom is -0.478 e. The maximum atomic E-state index is 13.4. The van der Waals surface area contributed by atoms with E-state index in [9.17, 15) is 14.3 Å². The second-order valence-corrected chi connectivity index (χ2v) is 7.35. The number of nitrogens with zero attached hydrogens (tertiary/aromatic N) is 3. The van der Waals surface area contributed by atoms with E-state index in [1.54, 1.807) is 35.9 Å². The molecule has 0 amide bonds. The van der Waals surface area contributed by atoms with Gasteiger partial charge in [0, 0.05) is 17.3 Å². The van der Waals surface area contributed by atoms with Crippen LogP contribution in [0.15, 0.2) is 60.7 Å². The fourth-order valence-corrected chi connectivity index (χ4v) is 3.49. The number of carboxylic acid groups (broad SMARTS) is 1. The number of halogens is 1. The van der Waals surface area contributed by atoms with Crippen molar-refractivity contribution in [3.63, 3.8) is 0 Å². The number of carboxylic acids is 1. The van der Waals surface area contributed by atoms with Crippen molar-refractivity contribution in [2.45, 2.75) is 20.8 Å². The van der Waals surface area contributed by atoms with E-state index in [4.69, 9.17) is 5.10 Å². The molecule has 0 fully saturated rings. The Balaban J connectivity index is 1.90. The molecule has 4 aromatic rings. The minimum absolute atomic E-state index is 0.0585. The lowest BCUT2D eigenvalue weighted by Gasteiger charge is -2.15. The van der Waals surface area contributed by atoms with E-state index >= 15 is 0 Å². The quantitative estimate of drug-likeness (QED) is 0.453. The smallest absolute Gasteiger partial charge is 0.339 e. The molecule has 4 rings (SSSR count). The number of benzene rings is 2. The number of aromatic carboxylic acids is 1. The number of nitrogens with one attached hydrogen (secondary N) is 1. The van der Waals surface area contributed by atoms with Crippen LogP contribution in [0.3, 0.4) is 0 Å². The van der Waals surface area contributed by atoms with Crippen LogP contribution in [-0.2, 0) is 0 Å². The van der Waals surface area contributed by atoms with Gasteiger partial charge in [-0.1, -0.05) is 18.2 Å². The molecule has 156 valence electrons. The molecule has 0 unspecified atom stereocenters. The summed E-state index contributed by atoms with van der Waals surface area (Å²) in [5.41, 5.74) is 5.00. The van der Waals surface area contributed by atoms with Crippen molar-refractivity contribution in [3.8, 4) is 16.9 Å². The number of hydrogen-bond donors (Lipinski definition) is 2. The molecular weight excluding hydrogens is 395 g/mol. The van der Waals surface area contributed by atoms with Crippen molar-refractivity contribution >= 4 is 17.6 Å². The fourth-order valence-electron chi connectivity index (χ4n) is 3.49. The third kappa shape index (κ3) is 4.02. The molecule has 0 atom stereocenters. The number of rotatable bonds is 5. The SMILES string of the molecule is Cc1ccc(C(=O)O)c(Nc2cc(-c3ccc(F)cc3)nn2-c2c(C)cccc2C)n1. The lowest BCUT2D eigenvalue weighted by atomic mass is 10.1. The Hall–Kier alpha value is -4.00. The monoisotopic (exact) mass is 416 g/mol. The molecular formula is C24H21FN4O2. The average molecular weight is 416 g/mol. The highest BCUT2D eigenvalue weighted by Crippen LogP contribution is 2.30. The van der Waals surface area contributed by atoms with Crippen LogP contribution in [0, 0.1) is 26.6 Å². The zero-order chi connectivity index (χ0) is 22.1. The van der Waals surface area contributed by atoms with Crippen LogP contribution in [-0.4, -0.2) is 25.8 Å². The van der Waals surface area contributed by atoms with Crippen molar-refractivity contribution in [1.29, 1.82) is 0 Å². The summed E-state index contributed by atoms with van der Waals surface area (Å²) in [4.78, 5) is 16.1. The number of hydrogen-bond acceptors (Lipinski definition) is 4. The van der Waals surface area contributed by atoms with Gasteiger partial charge < -0.3 is 10.4 Å². The van der Waals surface area contributed by atoms with Gasteiger partial charge in [0.1, 0.15) is 23.0 Å². The molecule has 2 N–H and O–H groups in total. The third-order valence-electron chi connectivity index (χ3n) is 5.01. The van der Waals surface area contributed by atoms with Crippen molar-refractivity contribution in [3.05, 3.63) is 88.9 Å². The van der Waals surface area contributed by atoms with Gasteiger partial charge >= 0.3 is 5.97 Å². The first kappa shape index (κ1) is 20.3. The second kappa shape index (κ2) is 8.02. The number of anilines is 2. The maximum Gasteiger partial charge on any atom is 0.339 e. The summed E-state index contributed by atoms with van der Waals surface area (Å²) in [6.45, 7) is 5.77. The maximum absolute atomic E-state index is 13.4. The second-order valence-electron chi connectivity index (χ2n) is 7.35. The van der Waals surface area contributed by atoms with Gasteiger partial charge in [0.2, 0.25) is 0 Å². The Morgan fingerprint density at radius 3 is 2.32 bits per heavy atom. The van der Waals surface area contributed by atoms with E-state index in [1.807, 2.05) is 32.0 Å². The summed E-state index contributed by atoms with van der Waals surface area (Å²) >= 11 is 0. The highest BCUT2D eigenvalue weighted by atomic mass is 19.1. The zero-order valence-corrected chi connectivity index (χ0v) is 17.3. The normalized spacial score (nSPS) is 10.8. The lowest BCUT2D eigenvalue weighted by molar-refractivity contribution is 0.0697. The lowest BCUT2D eigenvalue weighted by Crippen LogP contribution is -2.10. The van der Waals surface area contributed by atoms with Crippen LogP contribution < -0.4 is 5.32 Å². The number of para-hydroxylation sites is 1. The summed E-state index contributed by atoms with van der Waals surface area (Å²) in [5, 5.41) is 17.5.